The van der Waals surface area contributed by atoms with Gasteiger partial charge < -0.3 is 27.8 Å². The van der Waals surface area contributed by atoms with Gasteiger partial charge in [0.2, 0.25) is 0 Å². The first-order valence-electron chi connectivity index (χ1n) is 35.9. The van der Waals surface area contributed by atoms with Crippen molar-refractivity contribution in [3.05, 3.63) is 236 Å². The van der Waals surface area contributed by atoms with Crippen LogP contribution >= 0.6 is 0 Å². The van der Waals surface area contributed by atoms with Gasteiger partial charge in [0.1, 0.15) is 11.2 Å². The maximum atomic E-state index is 11.1. The summed E-state index contributed by atoms with van der Waals surface area (Å²) < 4.78 is 228. The Bertz CT molecular complexity index is 5840. The minimum atomic E-state index is -1.57. The zero-order chi connectivity index (χ0) is 70.0. The molecule has 11 aromatic carbocycles. The molecule has 7 heteroatoms. The number of hydrogen-bond donors (Lipinski definition) is 0. The van der Waals surface area contributed by atoms with E-state index in [4.69, 9.17) is 19.8 Å². The van der Waals surface area contributed by atoms with Crippen molar-refractivity contribution < 1.29 is 39.0 Å². The van der Waals surface area contributed by atoms with E-state index in [1.807, 2.05) is 69.3 Å². The molecule has 15 aromatic rings. The van der Waals surface area contributed by atoms with E-state index in [0.29, 0.717) is 43.7 Å². The van der Waals surface area contributed by atoms with Crippen molar-refractivity contribution in [3.8, 4) is 11.4 Å². The molecule has 362 valence electrons. The fourth-order valence-corrected chi connectivity index (χ4v) is 11.8. The first kappa shape index (κ1) is 26.7. The highest BCUT2D eigenvalue weighted by atomic mass is 16.3. The van der Waals surface area contributed by atoms with E-state index in [1.54, 1.807) is 58.3 Å². The van der Waals surface area contributed by atoms with Crippen molar-refractivity contribution in [1.29, 1.82) is 0 Å². The molecule has 0 spiro atoms. The highest BCUT2D eigenvalue weighted by Crippen LogP contribution is 2.51. The van der Waals surface area contributed by atoms with Crippen LogP contribution in [0.4, 0.5) is 34.1 Å². The summed E-state index contributed by atoms with van der Waals surface area (Å²) in [6, 6.07) is 13.2. The highest BCUT2D eigenvalue weighted by Gasteiger charge is 2.45. The van der Waals surface area contributed by atoms with Crippen LogP contribution in [0.1, 0.15) is 56.5 Å². The fourth-order valence-electron chi connectivity index (χ4n) is 11.8. The zero-order valence-corrected chi connectivity index (χ0v) is 40.9. The van der Waals surface area contributed by atoms with Crippen molar-refractivity contribution in [2.75, 3.05) is 9.80 Å². The maximum absolute atomic E-state index is 11.1. The van der Waals surface area contributed by atoms with E-state index >= 15 is 0 Å². The van der Waals surface area contributed by atoms with E-state index < -0.39 is 179 Å². The van der Waals surface area contributed by atoms with Gasteiger partial charge >= 0.3 is 0 Å². The normalized spacial score (nSPS) is 17.3. The standard InChI is InChI=1S/C70H47BN4O2/c1-70(2,3)42-38-63-67-64(39-42)75(60-31-17-25-52-50-23-9-15-33-66(50)77-69(52)60)62-41-44(73-57-28-12-6-20-47(57)48-21-7-13-29-58(48)73)35-37-54(62)71(67)53-36-34-43(72-55-26-10-4-18-45(55)46-19-5-11-27-56(46)72)40-61(53)74(63)59-30-16-24-51-49-22-8-14-32-65(49)76-68(51)59/h4-41H,1-3H3/i4D,5D,6D,7D,10D,11D,12D,13D,18D,19D,20D,21D,26D,27D,28D,29D,34D,35D,36D,37D,40D,41D. The molecule has 77 heavy (non-hydrogen) atoms. The summed E-state index contributed by atoms with van der Waals surface area (Å²) in [4.78, 5) is 3.38. The van der Waals surface area contributed by atoms with Crippen LogP contribution in [0.25, 0.3) is 98.9 Å². The van der Waals surface area contributed by atoms with E-state index in [9.17, 15) is 19.2 Å². The lowest BCUT2D eigenvalue weighted by Gasteiger charge is -2.45. The fraction of sp³-hybridized carbons (Fsp3) is 0.0571. The first-order valence-corrected chi connectivity index (χ1v) is 24.9. The average Bonchev–Trinajstić information content (AvgIpc) is 1.63. The minimum absolute atomic E-state index is 0.174. The van der Waals surface area contributed by atoms with E-state index in [1.165, 1.54) is 0 Å². The molecule has 0 atom stereocenters. The monoisotopic (exact) mass is 1010 g/mol. The lowest BCUT2D eigenvalue weighted by molar-refractivity contribution is 0.590. The van der Waals surface area contributed by atoms with Crippen molar-refractivity contribution in [2.45, 2.75) is 26.2 Å². The van der Waals surface area contributed by atoms with Gasteiger partial charge in [-0.25, -0.2) is 0 Å². The lowest BCUT2D eigenvalue weighted by Crippen LogP contribution is -2.61. The second-order valence-electron chi connectivity index (χ2n) is 20.3. The average molecular weight is 1010 g/mol. The Morgan fingerprint density at radius 3 is 1.19 bits per heavy atom. The molecule has 0 bridgehead atoms. The third kappa shape index (κ3) is 5.86. The van der Waals surface area contributed by atoms with Gasteiger partial charge in [-0.3, -0.25) is 0 Å². The molecule has 0 radical (unpaired) electrons. The van der Waals surface area contributed by atoms with Gasteiger partial charge in [0.25, 0.3) is 6.71 Å². The van der Waals surface area contributed by atoms with Gasteiger partial charge in [-0.2, -0.15) is 0 Å². The molecule has 6 heterocycles. The Morgan fingerprint density at radius 1 is 0.390 bits per heavy atom. The van der Waals surface area contributed by atoms with Crippen LogP contribution in [0.15, 0.2) is 239 Å². The van der Waals surface area contributed by atoms with Crippen molar-refractivity contribution in [1.82, 2.24) is 9.13 Å². The number of fused-ring (bicyclic) bond motifs is 16. The molecule has 4 aromatic heterocycles. The van der Waals surface area contributed by atoms with Gasteiger partial charge in [0.15, 0.2) is 11.2 Å². The van der Waals surface area contributed by atoms with Gasteiger partial charge in [-0.1, -0.05) is 166 Å². The number of hydrogen-bond acceptors (Lipinski definition) is 4. The van der Waals surface area contributed by atoms with Crippen molar-refractivity contribution in [2.24, 2.45) is 0 Å². The number of aromatic nitrogens is 2. The summed E-state index contributed by atoms with van der Waals surface area (Å²) >= 11 is 0. The second kappa shape index (κ2) is 15.4. The highest BCUT2D eigenvalue weighted by molar-refractivity contribution is 7.00. The molecule has 0 saturated heterocycles. The van der Waals surface area contributed by atoms with Gasteiger partial charge in [0, 0.05) is 77.2 Å². The number of benzene rings is 11. The van der Waals surface area contributed by atoms with Crippen molar-refractivity contribution in [3.63, 3.8) is 0 Å². The molecule has 0 N–H and O–H groups in total. The summed E-state index contributed by atoms with van der Waals surface area (Å²) in [5.74, 6) is 0. The summed E-state index contributed by atoms with van der Waals surface area (Å²) in [6.07, 6.45) is 0. The molecule has 2 aliphatic heterocycles. The molecule has 2 aliphatic rings. The number of rotatable bonds is 4. The smallest absolute Gasteiger partial charge is 0.252 e. The minimum Gasteiger partial charge on any atom is -0.454 e. The molecule has 0 amide bonds. The SMILES string of the molecule is [2H]c1c([2H])c(-n2c3c([2H])c([2H])c([2H])c([2H])c3c3c([2H])c([2H])c([2H])c([2H])c32)c([2H])c2c1B1c3c(cc(C(C)(C)C)cc3N(c3cccc4c3oc3ccccc34)c3c([2H])c(-n4c5c([2H])c([2H])c([2H])c([2H])c5c5c([2H])c([2H])c([2H])c([2H])c54)c([2H])c([2H])c31)N2c1cccc2c1oc1ccccc12. The topological polar surface area (TPSA) is 42.6 Å². The summed E-state index contributed by atoms with van der Waals surface area (Å²) in [6.45, 7) is 4.31. The quantitative estimate of drug-likeness (QED) is 0.165. The molecule has 0 fully saturated rings. The molecule has 0 aliphatic carbocycles. The number of nitrogens with zero attached hydrogens (tertiary/aromatic N) is 4. The molecular formula is C70H47BN4O2. The van der Waals surface area contributed by atoms with E-state index in [2.05, 4.69) is 0 Å². The Morgan fingerprint density at radius 2 is 0.779 bits per heavy atom. The van der Waals surface area contributed by atoms with E-state index in [0.717, 1.165) is 9.13 Å². The predicted molar refractivity (Wildman–Crippen MR) is 322 cm³/mol. The van der Waals surface area contributed by atoms with Gasteiger partial charge in [-0.15, -0.1) is 0 Å². The molecule has 0 saturated carbocycles. The van der Waals surface area contributed by atoms with Crippen LogP contribution in [-0.4, -0.2) is 15.8 Å². The van der Waals surface area contributed by atoms with Gasteiger partial charge in [-0.05, 0) is 112 Å². The maximum Gasteiger partial charge on any atom is 0.252 e. The van der Waals surface area contributed by atoms with Crippen LogP contribution in [0.3, 0.4) is 0 Å². The predicted octanol–water partition coefficient (Wildman–Crippen LogP) is 17.1. The summed E-state index contributed by atoms with van der Waals surface area (Å²) in [5.41, 5.74) is -0.912. The van der Waals surface area contributed by atoms with E-state index in [-0.39, 0.29) is 77.8 Å². The number of anilines is 6. The third-order valence-corrected chi connectivity index (χ3v) is 15.2. The molecule has 17 rings (SSSR count). The van der Waals surface area contributed by atoms with Gasteiger partial charge in [0.05, 0.1) is 63.6 Å². The van der Waals surface area contributed by atoms with Crippen LogP contribution < -0.4 is 26.2 Å². The molecule has 6 nitrogen and oxygen atoms in total. The summed E-state index contributed by atoms with van der Waals surface area (Å²) in [7, 11) is 0. The van der Waals surface area contributed by atoms with Crippen LogP contribution in [0.2, 0.25) is 0 Å². The number of para-hydroxylation sites is 8. The molecular weight excluding hydrogens is 940 g/mol. The Kier molecular flexibility index (Phi) is 5.35. The summed E-state index contributed by atoms with van der Waals surface area (Å²) in [5, 5.41) is 1.22. The third-order valence-electron chi connectivity index (χ3n) is 15.2. The van der Waals surface area contributed by atoms with Crippen LogP contribution in [0, 0.1) is 0 Å². The van der Waals surface area contributed by atoms with Crippen molar-refractivity contribution >= 4 is 145 Å². The zero-order valence-electron chi connectivity index (χ0n) is 62.9. The molecule has 0 unspecified atom stereocenters. The number of furan rings is 2. The van der Waals surface area contributed by atoms with Crippen LogP contribution in [-0.2, 0) is 5.41 Å². The van der Waals surface area contributed by atoms with Crippen LogP contribution in [0.5, 0.6) is 0 Å². The Labute approximate surface area is 474 Å². The lowest BCUT2D eigenvalue weighted by atomic mass is 9.33. The largest absolute Gasteiger partial charge is 0.454 e. The first-order chi connectivity index (χ1) is 47.0. The Hall–Kier alpha value is -9.72. The second-order valence-corrected chi connectivity index (χ2v) is 20.3. The Balaban J connectivity index is 1.11.